The summed E-state index contributed by atoms with van der Waals surface area (Å²) in [6, 6.07) is 0. The largest absolute Gasteiger partial charge is 0.378 e. The number of likely N-dealkylation sites (N-methyl/N-ethyl adjacent to an activating group) is 1. The fourth-order valence-electron chi connectivity index (χ4n) is 2.89. The van der Waals surface area contributed by atoms with Crippen molar-refractivity contribution in [1.29, 1.82) is 0 Å². The van der Waals surface area contributed by atoms with E-state index in [-0.39, 0.29) is 30.8 Å². The molecule has 22 heavy (non-hydrogen) atoms. The van der Waals surface area contributed by atoms with Crippen LogP contribution < -0.4 is 5.32 Å². The molecule has 2 amide bonds. The molecule has 6 nitrogen and oxygen atoms in total. The second kappa shape index (κ2) is 10.0. The number of piperidine rings is 1. The Hall–Kier alpha value is -0.850. The number of carbonyl (C=O) groups is 2. The molecule has 0 spiro atoms. The van der Waals surface area contributed by atoms with Gasteiger partial charge in [-0.2, -0.15) is 0 Å². The molecule has 0 unspecified atom stereocenters. The maximum absolute atomic E-state index is 12.1. The molecule has 0 bridgehead atoms. The van der Waals surface area contributed by atoms with E-state index in [1.807, 2.05) is 0 Å². The Morgan fingerprint density at radius 3 is 2.50 bits per heavy atom. The van der Waals surface area contributed by atoms with Crippen LogP contribution in [-0.4, -0.2) is 74.6 Å². The molecule has 2 heterocycles. The minimum atomic E-state index is 0. The van der Waals surface area contributed by atoms with Gasteiger partial charge in [-0.25, -0.2) is 0 Å². The van der Waals surface area contributed by atoms with Gasteiger partial charge in [0.15, 0.2) is 0 Å². The monoisotopic (exact) mass is 333 g/mol. The molecule has 2 aliphatic rings. The number of hydrogen-bond acceptors (Lipinski definition) is 4. The molecule has 0 atom stereocenters. The normalized spacial score (nSPS) is 19.4. The van der Waals surface area contributed by atoms with Crippen LogP contribution in [0.1, 0.15) is 25.7 Å². The zero-order valence-electron chi connectivity index (χ0n) is 13.4. The van der Waals surface area contributed by atoms with Crippen molar-refractivity contribution in [3.63, 3.8) is 0 Å². The van der Waals surface area contributed by atoms with Crippen LogP contribution in [0.5, 0.6) is 0 Å². The highest BCUT2D eigenvalue weighted by Crippen LogP contribution is 2.18. The van der Waals surface area contributed by atoms with Crippen molar-refractivity contribution in [3.05, 3.63) is 0 Å². The van der Waals surface area contributed by atoms with Crippen LogP contribution in [0.3, 0.4) is 0 Å². The van der Waals surface area contributed by atoms with E-state index in [1.54, 1.807) is 16.8 Å². The minimum absolute atomic E-state index is 0. The Balaban J connectivity index is 0.00000242. The van der Waals surface area contributed by atoms with Crippen LogP contribution in [-0.2, 0) is 14.3 Å². The molecule has 2 fully saturated rings. The summed E-state index contributed by atoms with van der Waals surface area (Å²) in [5.74, 6) is 0.754. The van der Waals surface area contributed by atoms with Gasteiger partial charge in [0.2, 0.25) is 11.8 Å². The third-order valence-corrected chi connectivity index (χ3v) is 4.39. The number of amides is 2. The third-order valence-electron chi connectivity index (χ3n) is 4.39. The first-order chi connectivity index (χ1) is 10.2. The number of morpholine rings is 1. The van der Waals surface area contributed by atoms with Gasteiger partial charge in [0.05, 0.1) is 19.8 Å². The maximum Gasteiger partial charge on any atom is 0.242 e. The lowest BCUT2D eigenvalue weighted by atomic mass is 9.93. The summed E-state index contributed by atoms with van der Waals surface area (Å²) < 4.78 is 5.23. The number of hydrogen-bond donors (Lipinski definition) is 1. The van der Waals surface area contributed by atoms with Gasteiger partial charge < -0.3 is 19.9 Å². The predicted molar refractivity (Wildman–Crippen MR) is 87.1 cm³/mol. The number of rotatable bonds is 5. The van der Waals surface area contributed by atoms with E-state index in [1.165, 1.54) is 0 Å². The number of nitrogens with one attached hydrogen (secondary N) is 1. The zero-order valence-corrected chi connectivity index (χ0v) is 14.2. The SMILES string of the molecule is CN(CC(=O)N1CCOCC1)C(=O)CCC1CCNCC1.Cl. The first-order valence-electron chi connectivity index (χ1n) is 7.97. The van der Waals surface area contributed by atoms with Gasteiger partial charge in [-0.05, 0) is 38.3 Å². The summed E-state index contributed by atoms with van der Waals surface area (Å²) in [6.45, 7) is 4.77. The van der Waals surface area contributed by atoms with E-state index in [2.05, 4.69) is 5.32 Å². The van der Waals surface area contributed by atoms with Crippen LogP contribution >= 0.6 is 12.4 Å². The van der Waals surface area contributed by atoms with Crippen molar-refractivity contribution in [2.24, 2.45) is 5.92 Å². The minimum Gasteiger partial charge on any atom is -0.378 e. The lowest BCUT2D eigenvalue weighted by Gasteiger charge is -2.29. The van der Waals surface area contributed by atoms with Crippen molar-refractivity contribution >= 4 is 24.2 Å². The van der Waals surface area contributed by atoms with Gasteiger partial charge in [0.25, 0.3) is 0 Å². The lowest BCUT2D eigenvalue weighted by molar-refractivity contribution is -0.142. The molecule has 0 radical (unpaired) electrons. The van der Waals surface area contributed by atoms with E-state index < -0.39 is 0 Å². The van der Waals surface area contributed by atoms with Crippen molar-refractivity contribution < 1.29 is 14.3 Å². The highest BCUT2D eigenvalue weighted by Gasteiger charge is 2.21. The smallest absolute Gasteiger partial charge is 0.242 e. The molecule has 0 aromatic carbocycles. The topological polar surface area (TPSA) is 61.9 Å². The molecule has 7 heteroatoms. The summed E-state index contributed by atoms with van der Waals surface area (Å²) in [5.41, 5.74) is 0. The van der Waals surface area contributed by atoms with E-state index in [0.29, 0.717) is 38.6 Å². The molecular formula is C15H28ClN3O3. The van der Waals surface area contributed by atoms with Gasteiger partial charge in [-0.1, -0.05) is 0 Å². The van der Waals surface area contributed by atoms with Crippen molar-refractivity contribution in [3.8, 4) is 0 Å². The van der Waals surface area contributed by atoms with Crippen molar-refractivity contribution in [2.45, 2.75) is 25.7 Å². The zero-order chi connectivity index (χ0) is 15.1. The Morgan fingerprint density at radius 1 is 1.23 bits per heavy atom. The Kier molecular flexibility index (Phi) is 8.75. The average Bonchev–Trinajstić information content (AvgIpc) is 2.54. The van der Waals surface area contributed by atoms with Gasteiger partial charge in [-0.15, -0.1) is 12.4 Å². The van der Waals surface area contributed by atoms with Gasteiger partial charge in [-0.3, -0.25) is 9.59 Å². The molecule has 128 valence electrons. The number of ether oxygens (including phenoxy) is 1. The second-order valence-electron chi connectivity index (χ2n) is 5.98. The molecule has 0 aromatic rings. The quantitative estimate of drug-likeness (QED) is 0.796. The van der Waals surface area contributed by atoms with E-state index in [0.717, 1.165) is 32.4 Å². The van der Waals surface area contributed by atoms with Gasteiger partial charge in [0, 0.05) is 26.6 Å². The molecule has 0 saturated carbocycles. The summed E-state index contributed by atoms with van der Waals surface area (Å²) in [4.78, 5) is 27.6. The van der Waals surface area contributed by atoms with Crippen molar-refractivity contribution in [1.82, 2.24) is 15.1 Å². The van der Waals surface area contributed by atoms with E-state index in [9.17, 15) is 9.59 Å². The predicted octanol–water partition coefficient (Wildman–Crippen LogP) is 0.505. The fourth-order valence-corrected chi connectivity index (χ4v) is 2.89. The fraction of sp³-hybridized carbons (Fsp3) is 0.867. The van der Waals surface area contributed by atoms with E-state index >= 15 is 0 Å². The van der Waals surface area contributed by atoms with Gasteiger partial charge in [0.1, 0.15) is 0 Å². The molecule has 1 N–H and O–H groups in total. The van der Waals surface area contributed by atoms with Crippen LogP contribution in [0.4, 0.5) is 0 Å². The Morgan fingerprint density at radius 2 is 1.86 bits per heavy atom. The first-order valence-corrected chi connectivity index (χ1v) is 7.97. The summed E-state index contributed by atoms with van der Waals surface area (Å²) in [5, 5.41) is 3.33. The number of halogens is 1. The van der Waals surface area contributed by atoms with Crippen molar-refractivity contribution in [2.75, 3.05) is 53.0 Å². The Labute approximate surface area is 138 Å². The first kappa shape index (κ1) is 19.2. The number of nitrogens with zero attached hydrogens (tertiary/aromatic N) is 2. The van der Waals surface area contributed by atoms with Crippen LogP contribution in [0.15, 0.2) is 0 Å². The molecule has 2 rings (SSSR count). The molecule has 0 aliphatic carbocycles. The molecule has 2 aliphatic heterocycles. The molecular weight excluding hydrogens is 306 g/mol. The van der Waals surface area contributed by atoms with Crippen LogP contribution in [0.25, 0.3) is 0 Å². The lowest BCUT2D eigenvalue weighted by Crippen LogP contribution is -2.46. The second-order valence-corrected chi connectivity index (χ2v) is 5.98. The number of carbonyl (C=O) groups excluding carboxylic acids is 2. The maximum atomic E-state index is 12.1. The highest BCUT2D eigenvalue weighted by atomic mass is 35.5. The summed E-state index contributed by atoms with van der Waals surface area (Å²) >= 11 is 0. The standard InChI is InChI=1S/C15H27N3O3.ClH/c1-17(12-15(20)18-8-10-21-11-9-18)14(19)3-2-13-4-6-16-7-5-13;/h13,16H,2-12H2,1H3;1H. The molecule has 2 saturated heterocycles. The van der Waals surface area contributed by atoms with Crippen LogP contribution in [0, 0.1) is 5.92 Å². The molecule has 0 aromatic heterocycles. The summed E-state index contributed by atoms with van der Waals surface area (Å²) in [6.07, 6.45) is 3.81. The van der Waals surface area contributed by atoms with E-state index in [4.69, 9.17) is 4.74 Å². The van der Waals surface area contributed by atoms with Gasteiger partial charge >= 0.3 is 0 Å². The third kappa shape index (κ3) is 6.10. The highest BCUT2D eigenvalue weighted by molar-refractivity contribution is 5.85. The average molecular weight is 334 g/mol. The summed E-state index contributed by atoms with van der Waals surface area (Å²) in [7, 11) is 1.73. The van der Waals surface area contributed by atoms with Crippen LogP contribution in [0.2, 0.25) is 0 Å². The Bertz CT molecular complexity index is 356.